The van der Waals surface area contributed by atoms with E-state index in [1.54, 1.807) is 18.4 Å². The summed E-state index contributed by atoms with van der Waals surface area (Å²) in [5, 5.41) is 11.4. The predicted octanol–water partition coefficient (Wildman–Crippen LogP) is 5.32. The maximum atomic E-state index is 6.25. The second-order valence-electron chi connectivity index (χ2n) is 6.28. The van der Waals surface area contributed by atoms with Crippen LogP contribution in [0.15, 0.2) is 29.6 Å². The largest absolute Gasteiger partial charge is 0.494 e. The lowest BCUT2D eigenvalue weighted by Crippen LogP contribution is -2.08. The number of hydrogen-bond donors (Lipinski definition) is 1. The summed E-state index contributed by atoms with van der Waals surface area (Å²) >= 11 is 7.99. The van der Waals surface area contributed by atoms with Crippen LogP contribution in [0.1, 0.15) is 24.0 Å². The lowest BCUT2D eigenvalue weighted by atomic mass is 10.1. The van der Waals surface area contributed by atoms with Gasteiger partial charge < -0.3 is 10.1 Å². The fourth-order valence-corrected chi connectivity index (χ4v) is 4.34. The zero-order valence-electron chi connectivity index (χ0n) is 14.3. The van der Waals surface area contributed by atoms with Crippen molar-refractivity contribution in [3.63, 3.8) is 0 Å². The van der Waals surface area contributed by atoms with Crippen LogP contribution in [0, 0.1) is 6.92 Å². The van der Waals surface area contributed by atoms with Crippen LogP contribution in [-0.2, 0) is 6.42 Å². The van der Waals surface area contributed by atoms with Gasteiger partial charge in [0.25, 0.3) is 0 Å². The number of methoxy groups -OCH3 is 1. The number of hydrogen-bond acceptors (Lipinski definition) is 4. The van der Waals surface area contributed by atoms with Gasteiger partial charge in [0.05, 0.1) is 12.0 Å². The normalized spacial score (nSPS) is 13.9. The van der Waals surface area contributed by atoms with Gasteiger partial charge in [-0.25, -0.2) is 4.68 Å². The SMILES string of the molecule is COc1ccc(Cl)cc1-n1nc(-c2cc(C)cs2)c2c1NCCCC2. The molecule has 3 aromatic rings. The maximum absolute atomic E-state index is 6.25. The van der Waals surface area contributed by atoms with Crippen molar-refractivity contribution >= 4 is 28.8 Å². The molecule has 0 fully saturated rings. The van der Waals surface area contributed by atoms with E-state index in [9.17, 15) is 0 Å². The molecule has 0 aliphatic carbocycles. The monoisotopic (exact) mass is 373 g/mol. The quantitative estimate of drug-likeness (QED) is 0.675. The topological polar surface area (TPSA) is 39.1 Å². The van der Waals surface area contributed by atoms with Crippen molar-refractivity contribution in [3.05, 3.63) is 45.8 Å². The van der Waals surface area contributed by atoms with Gasteiger partial charge >= 0.3 is 0 Å². The van der Waals surface area contributed by atoms with Gasteiger partial charge in [-0.1, -0.05) is 11.6 Å². The maximum Gasteiger partial charge on any atom is 0.144 e. The highest BCUT2D eigenvalue weighted by Crippen LogP contribution is 2.38. The lowest BCUT2D eigenvalue weighted by Gasteiger charge is -2.13. The Kier molecular flexibility index (Phi) is 4.44. The lowest BCUT2D eigenvalue weighted by molar-refractivity contribution is 0.412. The predicted molar refractivity (Wildman–Crippen MR) is 105 cm³/mol. The van der Waals surface area contributed by atoms with E-state index in [-0.39, 0.29) is 0 Å². The minimum atomic E-state index is 0.669. The zero-order valence-corrected chi connectivity index (χ0v) is 15.9. The van der Waals surface area contributed by atoms with Gasteiger partial charge in [0, 0.05) is 17.1 Å². The van der Waals surface area contributed by atoms with E-state index in [0.717, 1.165) is 48.8 Å². The van der Waals surface area contributed by atoms with E-state index in [1.165, 1.54) is 16.0 Å². The van der Waals surface area contributed by atoms with Crippen LogP contribution < -0.4 is 10.1 Å². The van der Waals surface area contributed by atoms with Crippen LogP contribution in [0.25, 0.3) is 16.3 Å². The minimum absolute atomic E-state index is 0.669. The molecule has 4 rings (SSSR count). The van der Waals surface area contributed by atoms with Gasteiger partial charge in [0.1, 0.15) is 22.9 Å². The van der Waals surface area contributed by atoms with Crippen molar-refractivity contribution in [1.82, 2.24) is 9.78 Å². The molecule has 0 saturated heterocycles. The van der Waals surface area contributed by atoms with Gasteiger partial charge in [-0.2, -0.15) is 5.10 Å². The standard InChI is InChI=1S/C19H20ClN3OS/c1-12-9-17(25-11-12)18-14-5-3-4-8-21-19(14)23(22-18)15-10-13(20)6-7-16(15)24-2/h6-7,9-11,21H,3-5,8H2,1-2H3. The number of benzene rings is 1. The number of aromatic nitrogens is 2. The summed E-state index contributed by atoms with van der Waals surface area (Å²) in [5.41, 5.74) is 4.47. The second-order valence-corrected chi connectivity index (χ2v) is 7.62. The summed E-state index contributed by atoms with van der Waals surface area (Å²) < 4.78 is 7.51. The molecule has 0 amide bonds. The number of anilines is 1. The van der Waals surface area contributed by atoms with Gasteiger partial charge in [-0.05, 0) is 61.4 Å². The summed E-state index contributed by atoms with van der Waals surface area (Å²) in [6, 6.07) is 7.84. The van der Waals surface area contributed by atoms with Crippen molar-refractivity contribution in [2.75, 3.05) is 19.0 Å². The van der Waals surface area contributed by atoms with Crippen molar-refractivity contribution in [2.45, 2.75) is 26.2 Å². The van der Waals surface area contributed by atoms with Crippen LogP contribution >= 0.6 is 22.9 Å². The molecule has 0 spiro atoms. The van der Waals surface area contributed by atoms with Crippen molar-refractivity contribution < 1.29 is 4.74 Å². The number of halogens is 1. The Labute approximate surface area is 156 Å². The van der Waals surface area contributed by atoms with E-state index in [0.29, 0.717) is 5.02 Å². The molecule has 1 N–H and O–H groups in total. The van der Waals surface area contributed by atoms with Gasteiger partial charge in [0.2, 0.25) is 0 Å². The molecule has 4 nitrogen and oxygen atoms in total. The molecule has 3 heterocycles. The molecule has 1 aliphatic heterocycles. The van der Waals surface area contributed by atoms with Crippen LogP contribution in [-0.4, -0.2) is 23.4 Å². The van der Waals surface area contributed by atoms with E-state index in [1.807, 2.05) is 22.9 Å². The van der Waals surface area contributed by atoms with Crippen LogP contribution in [0.3, 0.4) is 0 Å². The number of nitrogens with zero attached hydrogens (tertiary/aromatic N) is 2. The first-order valence-corrected chi connectivity index (χ1v) is 9.68. The summed E-state index contributed by atoms with van der Waals surface area (Å²) in [6.07, 6.45) is 3.34. The van der Waals surface area contributed by atoms with Crippen molar-refractivity contribution in [2.24, 2.45) is 0 Å². The molecule has 0 radical (unpaired) electrons. The average Bonchev–Trinajstić information content (AvgIpc) is 3.10. The fourth-order valence-electron chi connectivity index (χ4n) is 3.26. The van der Waals surface area contributed by atoms with Gasteiger partial charge in [-0.15, -0.1) is 11.3 Å². The third-order valence-corrected chi connectivity index (χ3v) is 5.75. The Hall–Kier alpha value is -1.98. The van der Waals surface area contributed by atoms with E-state index >= 15 is 0 Å². The Morgan fingerprint density at radius 1 is 1.28 bits per heavy atom. The third-order valence-electron chi connectivity index (χ3n) is 4.46. The van der Waals surface area contributed by atoms with Crippen LogP contribution in [0.2, 0.25) is 5.02 Å². The number of fused-ring (bicyclic) bond motifs is 1. The number of rotatable bonds is 3. The first-order valence-electron chi connectivity index (χ1n) is 8.42. The van der Waals surface area contributed by atoms with Crippen molar-refractivity contribution in [3.8, 4) is 22.0 Å². The molecular formula is C19H20ClN3OS. The number of ether oxygens (including phenoxy) is 1. The molecule has 0 unspecified atom stereocenters. The average molecular weight is 374 g/mol. The Morgan fingerprint density at radius 2 is 2.16 bits per heavy atom. The smallest absolute Gasteiger partial charge is 0.144 e. The highest BCUT2D eigenvalue weighted by molar-refractivity contribution is 7.13. The first-order chi connectivity index (χ1) is 12.2. The molecular weight excluding hydrogens is 354 g/mol. The second kappa shape index (κ2) is 6.73. The highest BCUT2D eigenvalue weighted by Gasteiger charge is 2.24. The molecule has 2 aromatic heterocycles. The highest BCUT2D eigenvalue weighted by atomic mass is 35.5. The summed E-state index contributed by atoms with van der Waals surface area (Å²) in [6.45, 7) is 3.07. The van der Waals surface area contributed by atoms with Crippen LogP contribution in [0.4, 0.5) is 5.82 Å². The molecule has 1 aromatic carbocycles. The van der Waals surface area contributed by atoms with E-state index < -0.39 is 0 Å². The zero-order chi connectivity index (χ0) is 17.4. The number of aryl methyl sites for hydroxylation is 1. The molecule has 0 atom stereocenters. The van der Waals surface area contributed by atoms with Crippen LogP contribution in [0.5, 0.6) is 5.75 Å². The van der Waals surface area contributed by atoms with E-state index in [4.69, 9.17) is 21.4 Å². The third kappa shape index (κ3) is 3.02. The van der Waals surface area contributed by atoms with Crippen molar-refractivity contribution in [1.29, 1.82) is 0 Å². The Balaban J connectivity index is 1.94. The minimum Gasteiger partial charge on any atom is -0.494 e. The molecule has 0 saturated carbocycles. The van der Waals surface area contributed by atoms with Gasteiger partial charge in [-0.3, -0.25) is 0 Å². The first kappa shape index (κ1) is 16.5. The Bertz CT molecular complexity index is 916. The molecule has 1 aliphatic rings. The molecule has 25 heavy (non-hydrogen) atoms. The fraction of sp³-hybridized carbons (Fsp3) is 0.316. The summed E-state index contributed by atoms with van der Waals surface area (Å²) in [5.74, 6) is 1.81. The number of thiophene rings is 1. The Morgan fingerprint density at radius 3 is 2.92 bits per heavy atom. The number of nitrogens with one attached hydrogen (secondary N) is 1. The van der Waals surface area contributed by atoms with Gasteiger partial charge in [0.15, 0.2) is 0 Å². The molecule has 130 valence electrons. The van der Waals surface area contributed by atoms with E-state index in [2.05, 4.69) is 23.7 Å². The molecule has 0 bridgehead atoms. The molecule has 6 heteroatoms. The summed E-state index contributed by atoms with van der Waals surface area (Å²) in [7, 11) is 1.67. The summed E-state index contributed by atoms with van der Waals surface area (Å²) in [4.78, 5) is 1.21.